The molecule has 0 spiro atoms. The van der Waals surface area contributed by atoms with Crippen LogP contribution in [0.2, 0.25) is 0 Å². The van der Waals surface area contributed by atoms with Crippen LogP contribution in [0.15, 0.2) is 94.7 Å². The van der Waals surface area contributed by atoms with E-state index in [-0.39, 0.29) is 0 Å². The van der Waals surface area contributed by atoms with Gasteiger partial charge in [0.25, 0.3) is 0 Å². The van der Waals surface area contributed by atoms with Crippen LogP contribution in [0.4, 0.5) is 0 Å². The van der Waals surface area contributed by atoms with Crippen molar-refractivity contribution < 1.29 is 14.2 Å². The minimum Gasteiger partial charge on any atom is -0.497 e. The minimum atomic E-state index is -2.64. The molecule has 0 heterocycles. The molecule has 0 aromatic heterocycles. The van der Waals surface area contributed by atoms with Gasteiger partial charge >= 0.3 is 0 Å². The fraction of sp³-hybridized carbons (Fsp3) is 0.267. The van der Waals surface area contributed by atoms with E-state index < -0.39 is 8.07 Å². The summed E-state index contributed by atoms with van der Waals surface area (Å²) in [5.41, 5.74) is 4.29. The third-order valence-corrected chi connectivity index (χ3v) is 12.8. The number of methoxy groups -OCH3 is 3. The Morgan fingerprint density at radius 1 is 0.529 bits per heavy atom. The van der Waals surface area contributed by atoms with Crippen molar-refractivity contribution in [2.45, 2.75) is 27.7 Å². The SMILES string of the molecule is COc1ccc([Si](C2=C(C)C(C)=C(C)C2C)(c2ccc(OC)cc2)c2ccc(OC)cc2)cc1. The summed E-state index contributed by atoms with van der Waals surface area (Å²) in [6, 6.07) is 26.1. The normalized spacial score (nSPS) is 16.1. The summed E-state index contributed by atoms with van der Waals surface area (Å²) in [5.74, 6) is 2.96. The van der Waals surface area contributed by atoms with Crippen LogP contribution in [-0.2, 0) is 0 Å². The second kappa shape index (κ2) is 9.55. The molecule has 4 rings (SSSR count). The third-order valence-electron chi connectivity index (χ3n) is 7.61. The highest BCUT2D eigenvalue weighted by molar-refractivity contribution is 7.16. The Balaban J connectivity index is 2.12. The molecule has 0 amide bonds. The molecule has 0 fully saturated rings. The van der Waals surface area contributed by atoms with E-state index in [0.29, 0.717) is 5.92 Å². The Kier molecular flexibility index (Phi) is 6.71. The van der Waals surface area contributed by atoms with Crippen LogP contribution in [0, 0.1) is 5.92 Å². The molecule has 1 unspecified atom stereocenters. The summed E-state index contributed by atoms with van der Waals surface area (Å²) < 4.78 is 16.6. The lowest BCUT2D eigenvalue weighted by Crippen LogP contribution is -2.69. The second-order valence-corrected chi connectivity index (χ2v) is 12.8. The minimum absolute atomic E-state index is 0.359. The van der Waals surface area contributed by atoms with E-state index in [9.17, 15) is 0 Å². The molecule has 3 aromatic carbocycles. The summed E-state index contributed by atoms with van der Waals surface area (Å²) in [4.78, 5) is 0. The maximum absolute atomic E-state index is 5.52. The molecule has 34 heavy (non-hydrogen) atoms. The van der Waals surface area contributed by atoms with Gasteiger partial charge in [0.1, 0.15) is 17.2 Å². The first-order valence-corrected chi connectivity index (χ1v) is 13.7. The van der Waals surface area contributed by atoms with Crippen LogP contribution >= 0.6 is 0 Å². The predicted octanol–water partition coefficient (Wildman–Crippen LogP) is 5.02. The third kappa shape index (κ3) is 3.76. The van der Waals surface area contributed by atoms with Gasteiger partial charge in [0.2, 0.25) is 0 Å². The number of rotatable bonds is 7. The molecule has 3 nitrogen and oxygen atoms in total. The van der Waals surface area contributed by atoms with Crippen LogP contribution < -0.4 is 29.8 Å². The van der Waals surface area contributed by atoms with E-state index >= 15 is 0 Å². The zero-order valence-corrected chi connectivity index (χ0v) is 22.2. The number of benzene rings is 3. The zero-order valence-electron chi connectivity index (χ0n) is 21.2. The monoisotopic (exact) mass is 470 g/mol. The first-order valence-electron chi connectivity index (χ1n) is 11.7. The van der Waals surface area contributed by atoms with Crippen molar-refractivity contribution in [2.24, 2.45) is 5.92 Å². The van der Waals surface area contributed by atoms with Gasteiger partial charge < -0.3 is 14.2 Å². The van der Waals surface area contributed by atoms with Crippen LogP contribution in [0.1, 0.15) is 27.7 Å². The highest BCUT2D eigenvalue weighted by atomic mass is 28.3. The molecule has 3 aromatic rings. The van der Waals surface area contributed by atoms with Gasteiger partial charge in [0.05, 0.1) is 21.3 Å². The van der Waals surface area contributed by atoms with Gasteiger partial charge in [-0.25, -0.2) is 0 Å². The molecule has 0 aliphatic heterocycles. The molecular weight excluding hydrogens is 436 g/mol. The fourth-order valence-corrected chi connectivity index (χ4v) is 11.0. The quantitative estimate of drug-likeness (QED) is 0.358. The van der Waals surface area contributed by atoms with Gasteiger partial charge in [-0.05, 0) is 84.2 Å². The van der Waals surface area contributed by atoms with Crippen molar-refractivity contribution >= 4 is 23.6 Å². The Hall–Kier alpha value is -3.24. The Bertz CT molecular complexity index is 1100. The van der Waals surface area contributed by atoms with E-state index in [1.807, 2.05) is 0 Å². The Morgan fingerprint density at radius 2 is 0.853 bits per heavy atom. The molecule has 1 atom stereocenters. The van der Waals surface area contributed by atoms with Gasteiger partial charge in [-0.1, -0.05) is 59.7 Å². The highest BCUT2D eigenvalue weighted by Gasteiger charge is 2.48. The largest absolute Gasteiger partial charge is 0.497 e. The molecule has 4 heteroatoms. The lowest BCUT2D eigenvalue weighted by molar-refractivity contribution is 0.415. The van der Waals surface area contributed by atoms with E-state index in [0.717, 1.165) is 17.2 Å². The van der Waals surface area contributed by atoms with E-state index in [4.69, 9.17) is 14.2 Å². The van der Waals surface area contributed by atoms with Crippen molar-refractivity contribution in [1.29, 1.82) is 0 Å². The molecule has 0 bridgehead atoms. The standard InChI is InChI=1S/C30H34O3Si/c1-20-21(2)23(4)30(22(20)3)34(27-14-8-24(31-5)9-15-27,28-16-10-25(32-6)11-17-28)29-18-12-26(33-7)13-19-29/h8-19,22H,1-7H3. The predicted molar refractivity (Wildman–Crippen MR) is 144 cm³/mol. The smallest absolute Gasteiger partial charge is 0.176 e. The molecule has 176 valence electrons. The molecule has 0 radical (unpaired) electrons. The van der Waals surface area contributed by atoms with Crippen molar-refractivity contribution in [1.82, 2.24) is 0 Å². The van der Waals surface area contributed by atoms with Gasteiger partial charge in [-0.2, -0.15) is 0 Å². The van der Waals surface area contributed by atoms with Crippen LogP contribution in [-0.4, -0.2) is 29.4 Å². The van der Waals surface area contributed by atoms with E-state index in [1.165, 1.54) is 32.3 Å². The summed E-state index contributed by atoms with van der Waals surface area (Å²) in [5, 5.41) is 5.56. The fourth-order valence-electron chi connectivity index (χ4n) is 5.46. The van der Waals surface area contributed by atoms with Crippen LogP contribution in [0.3, 0.4) is 0 Å². The summed E-state index contributed by atoms with van der Waals surface area (Å²) in [7, 11) is 2.52. The number of hydrogen-bond donors (Lipinski definition) is 0. The first-order chi connectivity index (χ1) is 16.4. The van der Waals surface area contributed by atoms with Crippen molar-refractivity contribution in [3.8, 4) is 17.2 Å². The zero-order chi connectivity index (χ0) is 24.5. The van der Waals surface area contributed by atoms with E-state index in [2.05, 4.69) is 100 Å². The molecule has 1 aliphatic rings. The van der Waals surface area contributed by atoms with Crippen molar-refractivity contribution in [3.63, 3.8) is 0 Å². The van der Waals surface area contributed by atoms with Crippen LogP contribution in [0.5, 0.6) is 17.2 Å². The van der Waals surface area contributed by atoms with Crippen molar-refractivity contribution in [3.05, 3.63) is 94.7 Å². The first kappa shape index (κ1) is 23.9. The molecule has 0 saturated heterocycles. The van der Waals surface area contributed by atoms with Crippen LogP contribution in [0.25, 0.3) is 0 Å². The van der Waals surface area contributed by atoms with Gasteiger partial charge in [0, 0.05) is 0 Å². The van der Waals surface area contributed by atoms with Gasteiger partial charge in [-0.15, -0.1) is 0 Å². The average Bonchev–Trinajstić information content (AvgIpc) is 3.08. The van der Waals surface area contributed by atoms with Gasteiger partial charge in [0.15, 0.2) is 8.07 Å². The summed E-state index contributed by atoms with van der Waals surface area (Å²) in [6.07, 6.45) is 0. The lowest BCUT2D eigenvalue weighted by atomic mass is 10.1. The maximum atomic E-state index is 5.52. The number of allylic oxidation sites excluding steroid dienone is 4. The van der Waals surface area contributed by atoms with Gasteiger partial charge in [-0.3, -0.25) is 0 Å². The molecule has 0 N–H and O–H groups in total. The average molecular weight is 471 g/mol. The van der Waals surface area contributed by atoms with Crippen molar-refractivity contribution in [2.75, 3.05) is 21.3 Å². The second-order valence-electron chi connectivity index (χ2n) is 9.00. The summed E-state index contributed by atoms with van der Waals surface area (Å²) >= 11 is 0. The number of hydrogen-bond acceptors (Lipinski definition) is 3. The Morgan fingerprint density at radius 3 is 1.09 bits per heavy atom. The topological polar surface area (TPSA) is 27.7 Å². The maximum Gasteiger partial charge on any atom is 0.176 e. The lowest BCUT2D eigenvalue weighted by Gasteiger charge is -2.38. The van der Waals surface area contributed by atoms with E-state index in [1.54, 1.807) is 26.5 Å². The highest BCUT2D eigenvalue weighted by Crippen LogP contribution is 2.41. The molecule has 0 saturated carbocycles. The Labute approximate surface area is 204 Å². The molecule has 1 aliphatic carbocycles. The summed E-state index contributed by atoms with van der Waals surface area (Å²) in [6.45, 7) is 9.22. The number of ether oxygens (including phenoxy) is 3. The molecular formula is C30H34O3Si.